The van der Waals surface area contributed by atoms with Crippen molar-refractivity contribution < 1.29 is 4.74 Å². The monoisotopic (exact) mass is 426 g/mol. The average molecular weight is 427 g/mol. The summed E-state index contributed by atoms with van der Waals surface area (Å²) in [7, 11) is 0. The van der Waals surface area contributed by atoms with E-state index in [-0.39, 0.29) is 11.6 Å². The number of imidazole rings is 1. The molecule has 1 fully saturated rings. The molecular formula is C26H26N4O2. The van der Waals surface area contributed by atoms with Crippen molar-refractivity contribution in [1.29, 1.82) is 0 Å². The highest BCUT2D eigenvalue weighted by molar-refractivity contribution is 5.76. The van der Waals surface area contributed by atoms with E-state index in [0.717, 1.165) is 73.7 Å². The van der Waals surface area contributed by atoms with Crippen LogP contribution in [0.5, 0.6) is 0 Å². The highest BCUT2D eigenvalue weighted by atomic mass is 16.5. The molecular weight excluding hydrogens is 400 g/mol. The second-order valence-corrected chi connectivity index (χ2v) is 8.86. The Kier molecular flexibility index (Phi) is 4.87. The van der Waals surface area contributed by atoms with Gasteiger partial charge >= 0.3 is 0 Å². The van der Waals surface area contributed by atoms with Crippen LogP contribution in [0.15, 0.2) is 65.6 Å². The van der Waals surface area contributed by atoms with E-state index >= 15 is 0 Å². The first-order chi connectivity index (χ1) is 15.8. The number of rotatable bonds is 4. The fourth-order valence-corrected chi connectivity index (χ4v) is 5.10. The minimum absolute atomic E-state index is 0.0246. The molecule has 1 saturated heterocycles. The molecule has 1 atom stereocenters. The summed E-state index contributed by atoms with van der Waals surface area (Å²) in [4.78, 5) is 22.6. The van der Waals surface area contributed by atoms with Gasteiger partial charge in [0.05, 0.1) is 11.7 Å². The summed E-state index contributed by atoms with van der Waals surface area (Å²) in [5.74, 6) is 1.59. The molecule has 6 rings (SSSR count). The highest BCUT2D eigenvalue weighted by Gasteiger charge is 2.28. The topological polar surface area (TPSA) is 61.9 Å². The third-order valence-corrected chi connectivity index (χ3v) is 6.84. The van der Waals surface area contributed by atoms with E-state index < -0.39 is 0 Å². The number of ether oxygens (including phenoxy) is 1. The SMILES string of the molecule is O=c1cc(-c2ccc3nc4n(c3n2)[C@@H](c2ccccc2)CC4)ccn1CC1CCOCC1. The molecule has 6 heteroatoms. The highest BCUT2D eigenvalue weighted by Crippen LogP contribution is 2.35. The second-order valence-electron chi connectivity index (χ2n) is 8.86. The third kappa shape index (κ3) is 3.45. The molecule has 5 heterocycles. The van der Waals surface area contributed by atoms with Gasteiger partial charge in [-0.15, -0.1) is 0 Å². The van der Waals surface area contributed by atoms with Crippen LogP contribution in [0.25, 0.3) is 22.4 Å². The van der Waals surface area contributed by atoms with Crippen LogP contribution in [0.4, 0.5) is 0 Å². The van der Waals surface area contributed by atoms with Crippen molar-refractivity contribution in [3.8, 4) is 11.3 Å². The smallest absolute Gasteiger partial charge is 0.251 e. The zero-order valence-corrected chi connectivity index (χ0v) is 18.0. The Morgan fingerprint density at radius 1 is 0.969 bits per heavy atom. The standard InChI is InChI=1S/C26H26N4O2/c31-25-16-20(10-13-29(25)17-18-11-14-32-15-12-18)21-6-7-22-26(28-21)30-23(8-9-24(30)27-22)19-4-2-1-3-5-19/h1-7,10,13,16,18,23H,8-9,11-12,14-15,17H2/t23-/m1/s1. The Balaban J connectivity index is 1.34. The first-order valence-electron chi connectivity index (χ1n) is 11.5. The maximum atomic E-state index is 12.8. The van der Waals surface area contributed by atoms with Crippen LogP contribution in [-0.2, 0) is 17.7 Å². The Hall–Kier alpha value is -3.25. The fourth-order valence-electron chi connectivity index (χ4n) is 5.10. The van der Waals surface area contributed by atoms with Crippen LogP contribution in [0.1, 0.15) is 36.7 Å². The summed E-state index contributed by atoms with van der Waals surface area (Å²) in [6.07, 6.45) is 5.93. The molecule has 0 amide bonds. The van der Waals surface area contributed by atoms with Gasteiger partial charge in [-0.25, -0.2) is 9.97 Å². The van der Waals surface area contributed by atoms with Gasteiger partial charge in [-0.3, -0.25) is 4.79 Å². The molecule has 2 aliphatic rings. The lowest BCUT2D eigenvalue weighted by atomic mass is 10.0. The quantitative estimate of drug-likeness (QED) is 0.490. The summed E-state index contributed by atoms with van der Waals surface area (Å²) < 4.78 is 9.54. The Morgan fingerprint density at radius 3 is 2.62 bits per heavy atom. The number of aryl methyl sites for hydroxylation is 1. The lowest BCUT2D eigenvalue weighted by molar-refractivity contribution is 0.0609. The summed E-state index contributed by atoms with van der Waals surface area (Å²) in [6, 6.07) is 18.5. The number of benzene rings is 1. The van der Waals surface area contributed by atoms with Crippen molar-refractivity contribution in [2.75, 3.05) is 13.2 Å². The summed E-state index contributed by atoms with van der Waals surface area (Å²) in [5.41, 5.74) is 4.79. The average Bonchev–Trinajstić information content (AvgIpc) is 3.41. The molecule has 2 aliphatic heterocycles. The van der Waals surface area contributed by atoms with E-state index in [2.05, 4.69) is 28.8 Å². The van der Waals surface area contributed by atoms with Gasteiger partial charge in [0.25, 0.3) is 5.56 Å². The zero-order valence-electron chi connectivity index (χ0n) is 18.0. The summed E-state index contributed by atoms with van der Waals surface area (Å²) >= 11 is 0. The first-order valence-corrected chi connectivity index (χ1v) is 11.5. The summed E-state index contributed by atoms with van der Waals surface area (Å²) in [5, 5.41) is 0. The van der Waals surface area contributed by atoms with Crippen molar-refractivity contribution in [1.82, 2.24) is 19.1 Å². The molecule has 4 aromatic rings. The molecule has 32 heavy (non-hydrogen) atoms. The van der Waals surface area contributed by atoms with Gasteiger partial charge < -0.3 is 13.9 Å². The predicted molar refractivity (Wildman–Crippen MR) is 124 cm³/mol. The van der Waals surface area contributed by atoms with E-state index in [1.54, 1.807) is 6.07 Å². The number of pyridine rings is 2. The van der Waals surface area contributed by atoms with Gasteiger partial charge in [-0.2, -0.15) is 0 Å². The van der Waals surface area contributed by atoms with Gasteiger partial charge in [-0.1, -0.05) is 30.3 Å². The van der Waals surface area contributed by atoms with Crippen molar-refractivity contribution >= 4 is 11.2 Å². The number of hydrogen-bond donors (Lipinski definition) is 0. The summed E-state index contributed by atoms with van der Waals surface area (Å²) in [6.45, 7) is 2.34. The molecule has 0 N–H and O–H groups in total. The molecule has 1 aromatic carbocycles. The Morgan fingerprint density at radius 2 is 1.81 bits per heavy atom. The fraction of sp³-hybridized carbons (Fsp3) is 0.346. The lowest BCUT2D eigenvalue weighted by Crippen LogP contribution is -2.26. The van der Waals surface area contributed by atoms with E-state index in [1.165, 1.54) is 5.56 Å². The molecule has 6 nitrogen and oxygen atoms in total. The normalized spacial score (nSPS) is 18.8. The van der Waals surface area contributed by atoms with Crippen LogP contribution in [-0.4, -0.2) is 32.3 Å². The third-order valence-electron chi connectivity index (χ3n) is 6.84. The van der Waals surface area contributed by atoms with Gasteiger partial charge in [0.2, 0.25) is 0 Å². The first kappa shape index (κ1) is 19.4. The molecule has 0 bridgehead atoms. The van der Waals surface area contributed by atoms with E-state index in [0.29, 0.717) is 5.92 Å². The van der Waals surface area contributed by atoms with Gasteiger partial charge in [0, 0.05) is 44.0 Å². The minimum Gasteiger partial charge on any atom is -0.381 e. The number of nitrogens with zero attached hydrogens (tertiary/aromatic N) is 4. The van der Waals surface area contributed by atoms with Crippen molar-refractivity contribution in [3.63, 3.8) is 0 Å². The van der Waals surface area contributed by atoms with Crippen LogP contribution in [0, 0.1) is 5.92 Å². The number of fused-ring (bicyclic) bond motifs is 3. The molecule has 0 saturated carbocycles. The molecule has 162 valence electrons. The maximum absolute atomic E-state index is 12.8. The van der Waals surface area contributed by atoms with Gasteiger partial charge in [0.1, 0.15) is 11.3 Å². The number of hydrogen-bond acceptors (Lipinski definition) is 4. The van der Waals surface area contributed by atoms with Crippen molar-refractivity contribution in [2.24, 2.45) is 5.92 Å². The largest absolute Gasteiger partial charge is 0.381 e. The van der Waals surface area contributed by atoms with E-state index in [9.17, 15) is 4.79 Å². The minimum atomic E-state index is 0.0246. The van der Waals surface area contributed by atoms with Gasteiger partial charge in [0.15, 0.2) is 5.65 Å². The molecule has 0 radical (unpaired) electrons. The molecule has 0 unspecified atom stereocenters. The maximum Gasteiger partial charge on any atom is 0.251 e. The molecule has 0 aliphatic carbocycles. The zero-order chi connectivity index (χ0) is 21.5. The Labute approximate surface area is 186 Å². The number of aromatic nitrogens is 4. The van der Waals surface area contributed by atoms with E-state index in [1.807, 2.05) is 35.0 Å². The van der Waals surface area contributed by atoms with Crippen molar-refractivity contribution in [2.45, 2.75) is 38.3 Å². The molecule has 0 spiro atoms. The lowest BCUT2D eigenvalue weighted by Gasteiger charge is -2.22. The van der Waals surface area contributed by atoms with Crippen LogP contribution in [0.2, 0.25) is 0 Å². The van der Waals surface area contributed by atoms with Crippen LogP contribution >= 0.6 is 0 Å². The second kappa shape index (κ2) is 8.02. The van der Waals surface area contributed by atoms with Crippen LogP contribution < -0.4 is 5.56 Å². The van der Waals surface area contributed by atoms with Crippen molar-refractivity contribution in [3.05, 3.63) is 82.5 Å². The molecule has 3 aromatic heterocycles. The van der Waals surface area contributed by atoms with E-state index in [4.69, 9.17) is 14.7 Å². The Bertz CT molecular complexity index is 1320. The van der Waals surface area contributed by atoms with Gasteiger partial charge in [-0.05, 0) is 48.9 Å². The predicted octanol–water partition coefficient (Wildman–Crippen LogP) is 4.22. The van der Waals surface area contributed by atoms with Crippen LogP contribution in [0.3, 0.4) is 0 Å².